The Morgan fingerprint density at radius 2 is 1.77 bits per heavy atom. The van der Waals surface area contributed by atoms with Gasteiger partial charge in [-0.25, -0.2) is 4.98 Å². The van der Waals surface area contributed by atoms with Crippen LogP contribution >= 0.6 is 0 Å². The summed E-state index contributed by atoms with van der Waals surface area (Å²) in [6.07, 6.45) is 7.26. The van der Waals surface area contributed by atoms with Gasteiger partial charge in [0, 0.05) is 29.9 Å². The third-order valence-electron chi connectivity index (χ3n) is 4.37. The largest absolute Gasteiger partial charge is 0.381 e. The highest BCUT2D eigenvalue weighted by molar-refractivity contribution is 6.00. The van der Waals surface area contributed by atoms with Gasteiger partial charge in [0.1, 0.15) is 5.82 Å². The Morgan fingerprint density at radius 1 is 1.05 bits per heavy atom. The van der Waals surface area contributed by atoms with E-state index in [0.717, 1.165) is 24.6 Å². The lowest BCUT2D eigenvalue weighted by atomic mass is 10.1. The van der Waals surface area contributed by atoms with Crippen LogP contribution in [0.25, 0.3) is 10.8 Å². The average Bonchev–Trinajstić information content (AvgIpc) is 2.75. The molecule has 1 N–H and O–H groups in total. The van der Waals surface area contributed by atoms with E-state index in [4.69, 9.17) is 4.98 Å². The molecule has 118 valence electrons. The molecule has 22 heavy (non-hydrogen) atoms. The van der Waals surface area contributed by atoms with Crippen LogP contribution in [0.4, 0.5) is 11.5 Å². The summed E-state index contributed by atoms with van der Waals surface area (Å²) in [6.45, 7) is 8.76. The predicted octanol–water partition coefficient (Wildman–Crippen LogP) is 4.74. The number of hydrogen-bond donors (Lipinski definition) is 1. The number of anilines is 2. The van der Waals surface area contributed by atoms with Crippen molar-refractivity contribution in [1.82, 2.24) is 4.98 Å². The zero-order chi connectivity index (χ0) is 15.5. The molecule has 0 bridgehead atoms. The molecule has 1 aromatic heterocycles. The van der Waals surface area contributed by atoms with Gasteiger partial charge in [-0.3, -0.25) is 0 Å². The predicted molar refractivity (Wildman–Crippen MR) is 95.9 cm³/mol. The molecule has 2 aromatic rings. The second-order valence-electron chi connectivity index (χ2n) is 6.74. The van der Waals surface area contributed by atoms with Crippen molar-refractivity contribution in [2.24, 2.45) is 0 Å². The van der Waals surface area contributed by atoms with Crippen LogP contribution in [0.15, 0.2) is 24.4 Å². The number of nitrogens with zero attached hydrogens (tertiary/aromatic N) is 2. The molecule has 1 saturated heterocycles. The molecule has 0 aliphatic carbocycles. The smallest absolute Gasteiger partial charge is 0.136 e. The molecule has 0 spiro atoms. The van der Waals surface area contributed by atoms with Gasteiger partial charge in [-0.1, -0.05) is 30.5 Å². The Bertz CT molecular complexity index is 640. The van der Waals surface area contributed by atoms with Crippen molar-refractivity contribution >= 4 is 22.3 Å². The summed E-state index contributed by atoms with van der Waals surface area (Å²) < 4.78 is 0. The van der Waals surface area contributed by atoms with Crippen LogP contribution in [-0.4, -0.2) is 24.1 Å². The highest BCUT2D eigenvalue weighted by Crippen LogP contribution is 2.32. The number of pyridine rings is 1. The Labute approximate surface area is 133 Å². The molecule has 0 unspecified atom stereocenters. The summed E-state index contributed by atoms with van der Waals surface area (Å²) in [6, 6.07) is 7.13. The van der Waals surface area contributed by atoms with Crippen molar-refractivity contribution in [3.63, 3.8) is 0 Å². The average molecular weight is 297 g/mol. The molecule has 2 heterocycles. The second kappa shape index (κ2) is 6.55. The topological polar surface area (TPSA) is 28.2 Å². The molecule has 3 nitrogen and oxygen atoms in total. The standard InChI is InChI=1S/C19H27N3/c1-14(2)21-18-13-20-19(22-10-6-4-5-7-11-22)17-12-15(3)8-9-16(17)18/h8-9,12-14,21H,4-7,10-11H2,1-3H3. The van der Waals surface area contributed by atoms with Gasteiger partial charge in [-0.05, 0) is 39.7 Å². The molecule has 1 aromatic carbocycles. The zero-order valence-corrected chi connectivity index (χ0v) is 14.0. The van der Waals surface area contributed by atoms with Gasteiger partial charge < -0.3 is 10.2 Å². The number of aryl methyl sites for hydroxylation is 1. The van der Waals surface area contributed by atoms with Crippen LogP contribution in [0.5, 0.6) is 0 Å². The third kappa shape index (κ3) is 3.18. The van der Waals surface area contributed by atoms with Crippen LogP contribution in [0, 0.1) is 6.92 Å². The Balaban J connectivity index is 2.08. The lowest BCUT2D eigenvalue weighted by Gasteiger charge is -2.24. The van der Waals surface area contributed by atoms with E-state index in [1.54, 1.807) is 0 Å². The number of rotatable bonds is 3. The fraction of sp³-hybridized carbons (Fsp3) is 0.526. The van der Waals surface area contributed by atoms with Gasteiger partial charge in [0.15, 0.2) is 0 Å². The van der Waals surface area contributed by atoms with Crippen LogP contribution in [-0.2, 0) is 0 Å². The van der Waals surface area contributed by atoms with E-state index in [9.17, 15) is 0 Å². The first-order valence-corrected chi connectivity index (χ1v) is 8.56. The summed E-state index contributed by atoms with van der Waals surface area (Å²) in [5, 5.41) is 6.10. The van der Waals surface area contributed by atoms with Gasteiger partial charge in [0.05, 0.1) is 11.9 Å². The highest BCUT2D eigenvalue weighted by atomic mass is 15.2. The van der Waals surface area contributed by atoms with E-state index < -0.39 is 0 Å². The number of fused-ring (bicyclic) bond motifs is 1. The number of benzene rings is 1. The van der Waals surface area contributed by atoms with Crippen molar-refractivity contribution in [2.45, 2.75) is 52.5 Å². The third-order valence-corrected chi connectivity index (χ3v) is 4.37. The van der Waals surface area contributed by atoms with E-state index in [1.807, 2.05) is 6.20 Å². The van der Waals surface area contributed by atoms with Gasteiger partial charge in [0.2, 0.25) is 0 Å². The lowest BCUT2D eigenvalue weighted by Crippen LogP contribution is -2.25. The van der Waals surface area contributed by atoms with Crippen molar-refractivity contribution in [2.75, 3.05) is 23.3 Å². The maximum Gasteiger partial charge on any atom is 0.136 e. The van der Waals surface area contributed by atoms with E-state index >= 15 is 0 Å². The van der Waals surface area contributed by atoms with Gasteiger partial charge in [-0.2, -0.15) is 0 Å². The second-order valence-corrected chi connectivity index (χ2v) is 6.74. The number of aromatic nitrogens is 1. The minimum atomic E-state index is 0.412. The van der Waals surface area contributed by atoms with E-state index in [-0.39, 0.29) is 0 Å². The monoisotopic (exact) mass is 297 g/mol. The summed E-state index contributed by atoms with van der Waals surface area (Å²) in [5.41, 5.74) is 2.44. The van der Waals surface area contributed by atoms with Gasteiger partial charge in [-0.15, -0.1) is 0 Å². The summed E-state index contributed by atoms with van der Waals surface area (Å²) in [4.78, 5) is 7.31. The normalized spacial score (nSPS) is 16.1. The Morgan fingerprint density at radius 3 is 2.45 bits per heavy atom. The van der Waals surface area contributed by atoms with E-state index in [1.165, 1.54) is 42.0 Å². The molecule has 1 aliphatic rings. The molecule has 0 atom stereocenters. The SMILES string of the molecule is Cc1ccc2c(NC(C)C)cnc(N3CCCCCC3)c2c1. The van der Waals surface area contributed by atoms with Crippen molar-refractivity contribution in [3.8, 4) is 0 Å². The first-order chi connectivity index (χ1) is 10.6. The molecule has 0 amide bonds. The summed E-state index contributed by atoms with van der Waals surface area (Å²) in [7, 11) is 0. The zero-order valence-electron chi connectivity index (χ0n) is 14.0. The summed E-state index contributed by atoms with van der Waals surface area (Å²) in [5.74, 6) is 1.16. The van der Waals surface area contributed by atoms with Crippen LogP contribution in [0.3, 0.4) is 0 Å². The molecule has 0 radical (unpaired) electrons. The van der Waals surface area contributed by atoms with Crippen molar-refractivity contribution < 1.29 is 0 Å². The highest BCUT2D eigenvalue weighted by Gasteiger charge is 2.16. The van der Waals surface area contributed by atoms with Crippen LogP contribution < -0.4 is 10.2 Å². The summed E-state index contributed by atoms with van der Waals surface area (Å²) >= 11 is 0. The van der Waals surface area contributed by atoms with E-state index in [0.29, 0.717) is 6.04 Å². The molecule has 1 aliphatic heterocycles. The molecule has 1 fully saturated rings. The fourth-order valence-electron chi connectivity index (χ4n) is 3.30. The fourth-order valence-corrected chi connectivity index (χ4v) is 3.30. The Hall–Kier alpha value is -1.77. The van der Waals surface area contributed by atoms with Gasteiger partial charge in [0.25, 0.3) is 0 Å². The van der Waals surface area contributed by atoms with Crippen molar-refractivity contribution in [1.29, 1.82) is 0 Å². The minimum Gasteiger partial charge on any atom is -0.381 e. The molecular weight excluding hydrogens is 270 g/mol. The maximum absolute atomic E-state index is 4.83. The first-order valence-electron chi connectivity index (χ1n) is 8.56. The lowest BCUT2D eigenvalue weighted by molar-refractivity contribution is 0.726. The molecule has 0 saturated carbocycles. The number of hydrogen-bond acceptors (Lipinski definition) is 3. The number of nitrogens with one attached hydrogen (secondary N) is 1. The van der Waals surface area contributed by atoms with Crippen LogP contribution in [0.1, 0.15) is 45.1 Å². The Kier molecular flexibility index (Phi) is 4.51. The molecule has 3 heteroatoms. The molecular formula is C19H27N3. The first kappa shape index (κ1) is 15.1. The minimum absolute atomic E-state index is 0.412. The maximum atomic E-state index is 4.83. The van der Waals surface area contributed by atoms with E-state index in [2.05, 4.69) is 49.2 Å². The van der Waals surface area contributed by atoms with Gasteiger partial charge >= 0.3 is 0 Å². The molecule has 3 rings (SSSR count). The van der Waals surface area contributed by atoms with Crippen LogP contribution in [0.2, 0.25) is 0 Å². The quantitative estimate of drug-likeness (QED) is 0.886. The van der Waals surface area contributed by atoms with Crippen molar-refractivity contribution in [3.05, 3.63) is 30.0 Å².